The summed E-state index contributed by atoms with van der Waals surface area (Å²) in [4.78, 5) is 19.0. The molecule has 5 rings (SSSR count). The van der Waals surface area contributed by atoms with Gasteiger partial charge in [0.1, 0.15) is 18.5 Å². The number of halogens is 2. The molecule has 12 heteroatoms. The molecule has 2 heterocycles. The number of anilines is 1. The van der Waals surface area contributed by atoms with E-state index in [2.05, 4.69) is 20.5 Å². The number of fused-ring (bicyclic) bond motifs is 1. The van der Waals surface area contributed by atoms with Crippen molar-refractivity contribution in [3.8, 4) is 23.0 Å². The van der Waals surface area contributed by atoms with Gasteiger partial charge in [-0.15, -0.1) is 0 Å². The Balaban J connectivity index is 1.22. The molecule has 1 saturated heterocycles. The van der Waals surface area contributed by atoms with Crippen LogP contribution in [0.5, 0.6) is 23.0 Å². The molecule has 1 unspecified atom stereocenters. The van der Waals surface area contributed by atoms with Crippen LogP contribution in [0.15, 0.2) is 66.9 Å². The van der Waals surface area contributed by atoms with Crippen molar-refractivity contribution in [2.75, 3.05) is 38.7 Å². The van der Waals surface area contributed by atoms with Crippen LogP contribution in [-0.4, -0.2) is 65.5 Å². The Kier molecular flexibility index (Phi) is 10.4. The first kappa shape index (κ1) is 31.4. The number of aliphatic hydroxyl groups excluding tert-OH is 1. The first-order chi connectivity index (χ1) is 21.3. The summed E-state index contributed by atoms with van der Waals surface area (Å²) < 4.78 is 32.5. The highest BCUT2D eigenvalue weighted by atomic mass is 35.5. The molecule has 9 nitrogen and oxygen atoms in total. The van der Waals surface area contributed by atoms with E-state index in [0.717, 1.165) is 31.5 Å². The van der Waals surface area contributed by atoms with E-state index in [0.29, 0.717) is 45.4 Å². The molecule has 1 aromatic heterocycles. The van der Waals surface area contributed by atoms with E-state index in [1.165, 1.54) is 19.2 Å². The minimum Gasteiger partial charge on any atom is -0.493 e. The van der Waals surface area contributed by atoms with Crippen LogP contribution in [0.3, 0.4) is 0 Å². The summed E-state index contributed by atoms with van der Waals surface area (Å²) in [5, 5.41) is 17.0. The minimum absolute atomic E-state index is 0.0247. The number of carbonyl (C=O) groups excluding carboxylic acids is 1. The third-order valence-electron chi connectivity index (χ3n) is 7.00. The summed E-state index contributed by atoms with van der Waals surface area (Å²) in [6, 6.07) is 16.2. The third-order valence-corrected chi connectivity index (χ3v) is 7.44. The summed E-state index contributed by atoms with van der Waals surface area (Å²) >= 11 is 11.2. The van der Waals surface area contributed by atoms with Gasteiger partial charge in [0.15, 0.2) is 28.2 Å². The molecule has 4 aromatic rings. The topological polar surface area (TPSA) is 105 Å². The van der Waals surface area contributed by atoms with Gasteiger partial charge in [0.05, 0.1) is 19.0 Å². The normalized spacial score (nSPS) is 13.8. The number of aromatic nitrogens is 1. The summed E-state index contributed by atoms with van der Waals surface area (Å²) in [6.45, 7) is 2.63. The second-order valence-corrected chi connectivity index (χ2v) is 11.2. The molecule has 1 atom stereocenters. The fraction of sp³-hybridized carbons (Fsp3) is 0.281. The number of ether oxygens (including phenoxy) is 3. The Bertz CT molecular complexity index is 1650. The van der Waals surface area contributed by atoms with Crippen LogP contribution in [0.25, 0.3) is 10.9 Å². The second-order valence-electron chi connectivity index (χ2n) is 10.4. The molecular formula is C32H32ClFN4O5S. The lowest BCUT2D eigenvalue weighted by Crippen LogP contribution is -2.35. The average molecular weight is 639 g/mol. The Morgan fingerprint density at radius 1 is 1.09 bits per heavy atom. The van der Waals surface area contributed by atoms with E-state index < -0.39 is 11.9 Å². The van der Waals surface area contributed by atoms with E-state index >= 15 is 4.39 Å². The minimum atomic E-state index is -0.646. The van der Waals surface area contributed by atoms with Crippen LogP contribution in [-0.2, 0) is 11.2 Å². The smallest absolute Gasteiger partial charge is 0.230 e. The monoisotopic (exact) mass is 638 g/mol. The van der Waals surface area contributed by atoms with E-state index in [1.807, 2.05) is 0 Å². The van der Waals surface area contributed by atoms with Gasteiger partial charge in [-0.25, -0.2) is 4.39 Å². The first-order valence-corrected chi connectivity index (χ1v) is 14.9. The zero-order valence-electron chi connectivity index (χ0n) is 24.0. The highest BCUT2D eigenvalue weighted by molar-refractivity contribution is 7.80. The molecular weight excluding hydrogens is 607 g/mol. The van der Waals surface area contributed by atoms with Crippen LogP contribution in [0.1, 0.15) is 18.4 Å². The Hall–Kier alpha value is -4.03. The standard InChI is InChI=1S/C32H32ClFN4O5S/c1-41-29-16-24-26(17-30(29)42-19-23(39)18-38-11-2-3-12-38)35-10-9-27(24)43-28-8-7-22(15-25(28)34)36-32(44)37-31(40)14-20-5-4-6-21(33)13-20/h4-10,13,15-17,23,39H,2-3,11-12,14,18-19H2,1H3,(H2,36,37,40,44). The number of thiocarbonyl (C=S) groups is 1. The van der Waals surface area contributed by atoms with Crippen LogP contribution < -0.4 is 24.8 Å². The maximum Gasteiger partial charge on any atom is 0.230 e. The lowest BCUT2D eigenvalue weighted by molar-refractivity contribution is -0.119. The molecule has 3 N–H and O–H groups in total. The van der Waals surface area contributed by atoms with E-state index in [-0.39, 0.29) is 29.8 Å². The quantitative estimate of drug-likeness (QED) is 0.178. The van der Waals surface area contributed by atoms with Gasteiger partial charge in [-0.3, -0.25) is 9.78 Å². The summed E-state index contributed by atoms with van der Waals surface area (Å²) in [5.74, 6) is 0.210. The molecule has 230 valence electrons. The lowest BCUT2D eigenvalue weighted by Gasteiger charge is -2.20. The molecule has 1 aliphatic heterocycles. The predicted molar refractivity (Wildman–Crippen MR) is 171 cm³/mol. The summed E-state index contributed by atoms with van der Waals surface area (Å²) in [7, 11) is 1.51. The van der Waals surface area contributed by atoms with Crippen molar-refractivity contribution in [1.29, 1.82) is 0 Å². The summed E-state index contributed by atoms with van der Waals surface area (Å²) in [6.07, 6.45) is 3.29. The number of pyridine rings is 1. The number of hydrogen-bond acceptors (Lipinski definition) is 8. The maximum atomic E-state index is 15.1. The van der Waals surface area contributed by atoms with Crippen molar-refractivity contribution in [1.82, 2.24) is 15.2 Å². The first-order valence-electron chi connectivity index (χ1n) is 14.1. The van der Waals surface area contributed by atoms with Crippen molar-refractivity contribution < 1.29 is 28.5 Å². The Morgan fingerprint density at radius 2 is 1.91 bits per heavy atom. The van der Waals surface area contributed by atoms with Gasteiger partial charge in [-0.05, 0) is 80.1 Å². The molecule has 0 spiro atoms. The number of amides is 1. The number of β-amino-alcohol motifs (C(OH)–C–C–N with tert-alkyl or cyclic N) is 1. The number of aliphatic hydroxyl groups is 1. The van der Waals surface area contributed by atoms with E-state index in [9.17, 15) is 9.90 Å². The lowest BCUT2D eigenvalue weighted by atomic mass is 10.1. The van der Waals surface area contributed by atoms with E-state index in [4.69, 9.17) is 38.0 Å². The van der Waals surface area contributed by atoms with Gasteiger partial charge >= 0.3 is 0 Å². The number of hydrogen-bond donors (Lipinski definition) is 3. The van der Waals surface area contributed by atoms with Crippen LogP contribution in [0.4, 0.5) is 10.1 Å². The molecule has 0 radical (unpaired) electrons. The van der Waals surface area contributed by atoms with Crippen molar-refractivity contribution >= 4 is 51.4 Å². The number of rotatable bonds is 11. The van der Waals surface area contributed by atoms with Gasteiger partial charge in [0, 0.05) is 41.0 Å². The number of methoxy groups -OCH3 is 1. The molecule has 0 aliphatic carbocycles. The molecule has 3 aromatic carbocycles. The van der Waals surface area contributed by atoms with E-state index in [1.54, 1.807) is 54.7 Å². The van der Waals surface area contributed by atoms with Crippen LogP contribution in [0.2, 0.25) is 5.02 Å². The average Bonchev–Trinajstić information content (AvgIpc) is 3.50. The summed E-state index contributed by atoms with van der Waals surface area (Å²) in [5.41, 5.74) is 1.62. The van der Waals surface area contributed by atoms with Crippen LogP contribution >= 0.6 is 23.8 Å². The molecule has 1 amide bonds. The zero-order valence-corrected chi connectivity index (χ0v) is 25.6. The van der Waals surface area contributed by atoms with Crippen molar-refractivity contribution in [3.05, 3.63) is 83.3 Å². The zero-order chi connectivity index (χ0) is 31.1. The Morgan fingerprint density at radius 3 is 2.66 bits per heavy atom. The number of likely N-dealkylation sites (tertiary alicyclic amines) is 1. The molecule has 0 saturated carbocycles. The molecule has 0 bridgehead atoms. The van der Waals surface area contributed by atoms with Gasteiger partial charge in [-0.1, -0.05) is 23.7 Å². The van der Waals surface area contributed by atoms with Crippen molar-refractivity contribution in [2.24, 2.45) is 0 Å². The highest BCUT2D eigenvalue weighted by Crippen LogP contribution is 2.38. The largest absolute Gasteiger partial charge is 0.493 e. The van der Waals surface area contributed by atoms with Crippen molar-refractivity contribution in [3.63, 3.8) is 0 Å². The molecule has 44 heavy (non-hydrogen) atoms. The highest BCUT2D eigenvalue weighted by Gasteiger charge is 2.18. The van der Waals surface area contributed by atoms with Gasteiger partial charge in [0.25, 0.3) is 0 Å². The second kappa shape index (κ2) is 14.6. The van der Waals surface area contributed by atoms with Crippen LogP contribution in [0, 0.1) is 5.82 Å². The van der Waals surface area contributed by atoms with Gasteiger partial charge in [0.2, 0.25) is 5.91 Å². The molecule has 1 aliphatic rings. The predicted octanol–water partition coefficient (Wildman–Crippen LogP) is 5.72. The number of nitrogens with one attached hydrogen (secondary N) is 2. The van der Waals surface area contributed by atoms with Crippen molar-refractivity contribution in [2.45, 2.75) is 25.4 Å². The number of carbonyl (C=O) groups is 1. The fourth-order valence-electron chi connectivity index (χ4n) is 4.94. The van der Waals surface area contributed by atoms with Gasteiger partial charge in [-0.2, -0.15) is 0 Å². The number of nitrogens with zero attached hydrogens (tertiary/aromatic N) is 2. The maximum absolute atomic E-state index is 15.1. The SMILES string of the molecule is COc1cc2c(Oc3ccc(NC(=S)NC(=O)Cc4cccc(Cl)c4)cc3F)ccnc2cc1OCC(O)CN1CCCC1. The fourth-order valence-corrected chi connectivity index (χ4v) is 5.38. The Labute approximate surface area is 264 Å². The third kappa shape index (κ3) is 8.32. The molecule has 1 fully saturated rings. The number of benzene rings is 3. The van der Waals surface area contributed by atoms with Gasteiger partial charge < -0.3 is 34.9 Å².